The number of ether oxygens (including phenoxy) is 2. The third-order valence-corrected chi connectivity index (χ3v) is 6.11. The zero-order chi connectivity index (χ0) is 19.6. The number of hydrogen-bond donors (Lipinski definition) is 1. The Kier molecular flexibility index (Phi) is 6.50. The molecule has 27 heavy (non-hydrogen) atoms. The summed E-state index contributed by atoms with van der Waals surface area (Å²) in [5, 5.41) is 4.04. The Morgan fingerprint density at radius 2 is 1.96 bits per heavy atom. The van der Waals surface area contributed by atoms with E-state index in [1.807, 2.05) is 6.92 Å². The second-order valence-electron chi connectivity index (χ2n) is 7.09. The molecular formula is C19H24Cl2N2O4. The first-order valence-electron chi connectivity index (χ1n) is 9.14. The maximum absolute atomic E-state index is 12.8. The van der Waals surface area contributed by atoms with E-state index in [1.54, 1.807) is 18.2 Å². The summed E-state index contributed by atoms with van der Waals surface area (Å²) >= 11 is 12.1. The summed E-state index contributed by atoms with van der Waals surface area (Å²) in [6, 6.07) is 4.24. The molecule has 1 aromatic carbocycles. The molecule has 2 unspecified atom stereocenters. The molecule has 3 aliphatic rings. The van der Waals surface area contributed by atoms with E-state index in [0.29, 0.717) is 22.3 Å². The van der Waals surface area contributed by atoms with E-state index in [-0.39, 0.29) is 24.1 Å². The van der Waals surface area contributed by atoms with Crippen molar-refractivity contribution in [3.8, 4) is 0 Å². The summed E-state index contributed by atoms with van der Waals surface area (Å²) in [5.74, 6) is -0.631. The molecule has 2 atom stereocenters. The van der Waals surface area contributed by atoms with Crippen LogP contribution in [0, 0.1) is 0 Å². The number of methoxy groups -OCH3 is 1. The van der Waals surface area contributed by atoms with Gasteiger partial charge < -0.3 is 14.8 Å². The lowest BCUT2D eigenvalue weighted by atomic mass is 9.91. The van der Waals surface area contributed by atoms with E-state index in [4.69, 9.17) is 32.7 Å². The normalized spacial score (nSPS) is 27.1. The molecule has 6 nitrogen and oxygen atoms in total. The van der Waals surface area contributed by atoms with Crippen molar-refractivity contribution < 1.29 is 19.1 Å². The van der Waals surface area contributed by atoms with Gasteiger partial charge in [0.2, 0.25) is 0 Å². The number of nitrogens with one attached hydrogen (secondary N) is 1. The summed E-state index contributed by atoms with van der Waals surface area (Å²) in [7, 11) is 1.38. The summed E-state index contributed by atoms with van der Waals surface area (Å²) in [6.07, 6.45) is 3.32. The molecule has 148 valence electrons. The number of benzene rings is 1. The van der Waals surface area contributed by atoms with Crippen LogP contribution in [0.25, 0.3) is 0 Å². The molecule has 1 aliphatic carbocycles. The topological polar surface area (TPSA) is 67.9 Å². The molecule has 2 aliphatic heterocycles. The lowest BCUT2D eigenvalue weighted by Crippen LogP contribution is -2.52. The van der Waals surface area contributed by atoms with Crippen LogP contribution in [0.5, 0.6) is 0 Å². The lowest BCUT2D eigenvalue weighted by Gasteiger charge is -2.38. The second-order valence-corrected chi connectivity index (χ2v) is 7.90. The molecule has 0 amide bonds. The van der Waals surface area contributed by atoms with Crippen molar-refractivity contribution >= 4 is 40.8 Å². The smallest absolute Gasteiger partial charge is 0.330 e. The van der Waals surface area contributed by atoms with Crippen LogP contribution in [0.4, 0.5) is 5.69 Å². The Hall–Kier alpha value is -1.50. The Morgan fingerprint density at radius 1 is 1.26 bits per heavy atom. The quantitative estimate of drug-likeness (QED) is 0.760. The van der Waals surface area contributed by atoms with Crippen molar-refractivity contribution in [2.24, 2.45) is 0 Å². The van der Waals surface area contributed by atoms with Crippen LogP contribution < -0.4 is 5.32 Å². The van der Waals surface area contributed by atoms with Crippen LogP contribution in [0.1, 0.15) is 32.6 Å². The molecule has 1 N–H and O–H groups in total. The lowest BCUT2D eigenvalue weighted by molar-refractivity contribution is -0.151. The number of halogens is 2. The van der Waals surface area contributed by atoms with Gasteiger partial charge in [-0.1, -0.05) is 23.2 Å². The molecule has 8 heteroatoms. The zero-order valence-electron chi connectivity index (χ0n) is 15.4. The largest absolute Gasteiger partial charge is 0.468 e. The van der Waals surface area contributed by atoms with Gasteiger partial charge in [0, 0.05) is 18.3 Å². The van der Waals surface area contributed by atoms with Crippen LogP contribution in [-0.4, -0.2) is 54.7 Å². The standard InChI is InChI=1S/C19H24Cl2N2O4/c1-11(18(24)26-2)23-10-17(22-12-3-8-15(20)16(21)9-12)19(25)27-14-6-4-13(23)5-7-14/h3,8-9,11,13-14,17,22H,4-7,10H2,1-2H3. The van der Waals surface area contributed by atoms with Gasteiger partial charge in [-0.25, -0.2) is 4.79 Å². The number of carbonyl (C=O) groups excluding carboxylic acids is 2. The van der Waals surface area contributed by atoms with Crippen molar-refractivity contribution in [1.82, 2.24) is 4.90 Å². The Morgan fingerprint density at radius 3 is 2.59 bits per heavy atom. The Balaban J connectivity index is 1.86. The van der Waals surface area contributed by atoms with Crippen LogP contribution >= 0.6 is 23.2 Å². The highest BCUT2D eigenvalue weighted by Gasteiger charge is 2.39. The highest BCUT2D eigenvalue weighted by atomic mass is 35.5. The minimum absolute atomic E-state index is 0.0692. The van der Waals surface area contributed by atoms with E-state index < -0.39 is 12.1 Å². The first kappa shape index (κ1) is 20.2. The SMILES string of the molecule is COC(=O)C(C)N1CC(Nc2ccc(Cl)c(Cl)c2)C(=O)OC2CCC1CC2. The fraction of sp³-hybridized carbons (Fsp3) is 0.579. The number of carbonyl (C=O) groups is 2. The number of hydrogen-bond acceptors (Lipinski definition) is 6. The number of esters is 2. The minimum Gasteiger partial charge on any atom is -0.468 e. The molecule has 1 saturated carbocycles. The molecule has 1 aromatic rings. The molecule has 2 bridgehead atoms. The highest BCUT2D eigenvalue weighted by molar-refractivity contribution is 6.42. The molecule has 4 rings (SSSR count). The molecule has 2 heterocycles. The van der Waals surface area contributed by atoms with Crippen molar-refractivity contribution in [3.63, 3.8) is 0 Å². The van der Waals surface area contributed by atoms with E-state index in [9.17, 15) is 9.59 Å². The number of fused-ring (bicyclic) bond motifs is 6. The zero-order valence-corrected chi connectivity index (χ0v) is 16.9. The summed E-state index contributed by atoms with van der Waals surface area (Å²) < 4.78 is 10.6. The Bertz CT molecular complexity index is 707. The van der Waals surface area contributed by atoms with Crippen LogP contribution in [0.15, 0.2) is 18.2 Å². The van der Waals surface area contributed by atoms with Gasteiger partial charge in [0.05, 0.1) is 17.2 Å². The number of rotatable bonds is 4. The summed E-state index contributed by atoms with van der Waals surface area (Å²) in [5.41, 5.74) is 0.670. The molecule has 0 aromatic heterocycles. The summed E-state index contributed by atoms with van der Waals surface area (Å²) in [6.45, 7) is 2.16. The first-order valence-corrected chi connectivity index (χ1v) is 9.90. The maximum atomic E-state index is 12.8. The van der Waals surface area contributed by atoms with Crippen LogP contribution in [-0.2, 0) is 19.1 Å². The van der Waals surface area contributed by atoms with Gasteiger partial charge in [-0.3, -0.25) is 9.69 Å². The third-order valence-electron chi connectivity index (χ3n) is 5.37. The minimum atomic E-state index is -0.629. The molecule has 0 spiro atoms. The van der Waals surface area contributed by atoms with Gasteiger partial charge in [-0.05, 0) is 50.8 Å². The van der Waals surface area contributed by atoms with Crippen molar-refractivity contribution in [2.75, 3.05) is 19.0 Å². The van der Waals surface area contributed by atoms with Gasteiger partial charge in [0.25, 0.3) is 0 Å². The average Bonchev–Trinajstić information content (AvgIpc) is 2.76. The predicted octanol–water partition coefficient (Wildman–Crippen LogP) is 3.51. The monoisotopic (exact) mass is 414 g/mol. The maximum Gasteiger partial charge on any atom is 0.330 e. The van der Waals surface area contributed by atoms with Crippen molar-refractivity contribution in [2.45, 2.75) is 56.8 Å². The fourth-order valence-electron chi connectivity index (χ4n) is 3.85. The molecular weight excluding hydrogens is 391 g/mol. The van der Waals surface area contributed by atoms with Gasteiger partial charge in [-0.2, -0.15) is 0 Å². The molecule has 0 radical (unpaired) electrons. The highest BCUT2D eigenvalue weighted by Crippen LogP contribution is 2.30. The third kappa shape index (κ3) is 4.68. The van der Waals surface area contributed by atoms with Crippen molar-refractivity contribution in [3.05, 3.63) is 28.2 Å². The van der Waals surface area contributed by atoms with Crippen LogP contribution in [0.3, 0.4) is 0 Å². The summed E-state index contributed by atoms with van der Waals surface area (Å²) in [4.78, 5) is 27.0. The Labute approximate surface area is 169 Å². The van der Waals surface area contributed by atoms with E-state index in [0.717, 1.165) is 25.7 Å². The number of anilines is 1. The molecule has 2 saturated heterocycles. The van der Waals surface area contributed by atoms with Gasteiger partial charge in [0.1, 0.15) is 18.2 Å². The van der Waals surface area contributed by atoms with Gasteiger partial charge >= 0.3 is 11.9 Å². The average molecular weight is 415 g/mol. The van der Waals surface area contributed by atoms with Crippen LogP contribution in [0.2, 0.25) is 10.0 Å². The van der Waals surface area contributed by atoms with Gasteiger partial charge in [0.15, 0.2) is 0 Å². The fourth-order valence-corrected chi connectivity index (χ4v) is 4.15. The first-order chi connectivity index (χ1) is 12.9. The van der Waals surface area contributed by atoms with E-state index >= 15 is 0 Å². The molecule has 3 fully saturated rings. The predicted molar refractivity (Wildman–Crippen MR) is 104 cm³/mol. The van der Waals surface area contributed by atoms with E-state index in [1.165, 1.54) is 7.11 Å². The van der Waals surface area contributed by atoms with Crippen molar-refractivity contribution in [1.29, 1.82) is 0 Å². The van der Waals surface area contributed by atoms with E-state index in [2.05, 4.69) is 10.2 Å². The number of nitrogens with zero attached hydrogens (tertiary/aromatic N) is 1. The van der Waals surface area contributed by atoms with Gasteiger partial charge in [-0.15, -0.1) is 0 Å². The second kappa shape index (κ2) is 8.67.